The molecule has 0 aliphatic heterocycles. The Morgan fingerprint density at radius 3 is 2.29 bits per heavy atom. The molecule has 0 spiro atoms. The summed E-state index contributed by atoms with van der Waals surface area (Å²) in [6.45, 7) is 0. The number of benzene rings is 2. The summed E-state index contributed by atoms with van der Waals surface area (Å²) in [7, 11) is 0. The fourth-order valence-electron chi connectivity index (χ4n) is 2.07. The molecule has 0 aliphatic carbocycles. The number of carbonyl (C=O) groups is 2. The predicted octanol–water partition coefficient (Wildman–Crippen LogP) is 4.86. The zero-order valence-electron chi connectivity index (χ0n) is 12.7. The van der Waals surface area contributed by atoms with Gasteiger partial charge in [-0.2, -0.15) is 0 Å². The number of ketones is 1. The highest BCUT2D eigenvalue weighted by Gasteiger charge is 2.10. The highest BCUT2D eigenvalue weighted by molar-refractivity contribution is 7.12. The van der Waals surface area contributed by atoms with E-state index in [1.54, 1.807) is 42.5 Å². The first-order chi connectivity index (χ1) is 11.7. The summed E-state index contributed by atoms with van der Waals surface area (Å²) in [5.74, 6) is -0.0833. The third-order valence-electron chi connectivity index (χ3n) is 3.30. The van der Waals surface area contributed by atoms with Crippen molar-refractivity contribution in [3.63, 3.8) is 0 Å². The molecule has 4 heteroatoms. The van der Waals surface area contributed by atoms with Gasteiger partial charge in [-0.3, -0.25) is 4.79 Å². The first-order valence-corrected chi connectivity index (χ1v) is 8.23. The van der Waals surface area contributed by atoms with Gasteiger partial charge in [0.05, 0.1) is 0 Å². The second-order valence-electron chi connectivity index (χ2n) is 5.00. The molecule has 0 atom stereocenters. The number of hydrogen-bond acceptors (Lipinski definition) is 4. The largest absolute Gasteiger partial charge is 0.422 e. The maximum atomic E-state index is 12.1. The van der Waals surface area contributed by atoms with Crippen molar-refractivity contribution in [2.75, 3.05) is 0 Å². The van der Waals surface area contributed by atoms with Crippen molar-refractivity contribution in [2.24, 2.45) is 0 Å². The number of thiophene rings is 1. The van der Waals surface area contributed by atoms with Crippen molar-refractivity contribution in [3.8, 4) is 5.75 Å². The average molecular weight is 334 g/mol. The molecule has 0 aliphatic rings. The Morgan fingerprint density at radius 2 is 1.62 bits per heavy atom. The lowest BCUT2D eigenvalue weighted by Gasteiger charge is -2.03. The zero-order chi connectivity index (χ0) is 16.8. The molecule has 0 unspecified atom stereocenters. The van der Waals surface area contributed by atoms with Crippen molar-refractivity contribution in [1.82, 2.24) is 0 Å². The van der Waals surface area contributed by atoms with Gasteiger partial charge in [0.25, 0.3) is 0 Å². The number of rotatable bonds is 5. The lowest BCUT2D eigenvalue weighted by molar-refractivity contribution is 0.0740. The number of ether oxygens (including phenoxy) is 1. The standard InChI is InChI=1S/C20H14O3S/c21-18(13-8-15-5-2-1-3-6-15)16-9-11-17(12-10-16)23-20(22)19-7-4-14-24-19/h1-14H. The number of carbonyl (C=O) groups excluding carboxylic acids is 2. The summed E-state index contributed by atoms with van der Waals surface area (Å²) < 4.78 is 5.26. The maximum absolute atomic E-state index is 12.1. The van der Waals surface area contributed by atoms with Gasteiger partial charge in [0.1, 0.15) is 10.6 Å². The van der Waals surface area contributed by atoms with Crippen molar-refractivity contribution < 1.29 is 14.3 Å². The first-order valence-electron chi connectivity index (χ1n) is 7.35. The molecule has 118 valence electrons. The monoisotopic (exact) mass is 334 g/mol. The van der Waals surface area contributed by atoms with Crippen LogP contribution in [0.5, 0.6) is 5.75 Å². The van der Waals surface area contributed by atoms with Crippen LogP contribution < -0.4 is 4.74 Å². The molecule has 24 heavy (non-hydrogen) atoms. The van der Waals surface area contributed by atoms with Gasteiger partial charge < -0.3 is 4.74 Å². The predicted molar refractivity (Wildman–Crippen MR) is 95.5 cm³/mol. The second-order valence-corrected chi connectivity index (χ2v) is 5.95. The lowest BCUT2D eigenvalue weighted by Crippen LogP contribution is -2.06. The smallest absolute Gasteiger partial charge is 0.353 e. The minimum absolute atomic E-state index is 0.102. The van der Waals surface area contributed by atoms with Crippen LogP contribution in [0.2, 0.25) is 0 Å². The summed E-state index contributed by atoms with van der Waals surface area (Å²) >= 11 is 1.33. The molecule has 1 heterocycles. The van der Waals surface area contributed by atoms with Crippen LogP contribution >= 0.6 is 11.3 Å². The summed E-state index contributed by atoms with van der Waals surface area (Å²) in [6.07, 6.45) is 3.30. The second kappa shape index (κ2) is 7.53. The Labute approximate surface area is 143 Å². The average Bonchev–Trinajstić information content (AvgIpc) is 3.16. The quantitative estimate of drug-likeness (QED) is 0.289. The minimum atomic E-state index is -0.395. The van der Waals surface area contributed by atoms with Crippen LogP contribution in [0, 0.1) is 0 Å². The topological polar surface area (TPSA) is 43.4 Å². The molecule has 0 fully saturated rings. The van der Waals surface area contributed by atoms with Crippen molar-refractivity contribution in [2.45, 2.75) is 0 Å². The van der Waals surface area contributed by atoms with Gasteiger partial charge in [-0.15, -0.1) is 11.3 Å². The normalized spacial score (nSPS) is 10.7. The van der Waals surface area contributed by atoms with Crippen molar-refractivity contribution in [1.29, 1.82) is 0 Å². The van der Waals surface area contributed by atoms with Crippen molar-refractivity contribution in [3.05, 3.63) is 94.2 Å². The summed E-state index contributed by atoms with van der Waals surface area (Å²) in [4.78, 5) is 24.6. The molecule has 0 radical (unpaired) electrons. The van der Waals surface area contributed by atoms with E-state index in [2.05, 4.69) is 0 Å². The van der Waals surface area contributed by atoms with E-state index in [1.165, 1.54) is 17.4 Å². The van der Waals surface area contributed by atoms with Gasteiger partial charge in [-0.1, -0.05) is 42.5 Å². The van der Waals surface area contributed by atoms with E-state index in [4.69, 9.17) is 4.74 Å². The molecule has 3 nitrogen and oxygen atoms in total. The van der Waals surface area contributed by atoms with Crippen LogP contribution in [-0.2, 0) is 0 Å². The molecule has 3 aromatic rings. The van der Waals surface area contributed by atoms with Crippen LogP contribution in [-0.4, -0.2) is 11.8 Å². The van der Waals surface area contributed by atoms with E-state index < -0.39 is 5.97 Å². The van der Waals surface area contributed by atoms with Gasteiger partial charge in [0.2, 0.25) is 0 Å². The van der Waals surface area contributed by atoms with Gasteiger partial charge in [0, 0.05) is 5.56 Å². The van der Waals surface area contributed by atoms with Gasteiger partial charge >= 0.3 is 5.97 Å². The van der Waals surface area contributed by atoms with Crippen LogP contribution in [0.15, 0.2) is 78.2 Å². The molecule has 3 rings (SSSR count). The van der Waals surface area contributed by atoms with E-state index in [-0.39, 0.29) is 5.78 Å². The Balaban J connectivity index is 1.64. The number of esters is 1. The molecule has 0 saturated carbocycles. The molecule has 0 bridgehead atoms. The van der Waals surface area contributed by atoms with E-state index in [0.717, 1.165) is 5.56 Å². The van der Waals surface area contributed by atoms with Gasteiger partial charge in [0.15, 0.2) is 5.78 Å². The molecular formula is C20H14O3S. The molecule has 1 aromatic heterocycles. The van der Waals surface area contributed by atoms with Gasteiger partial charge in [-0.25, -0.2) is 4.79 Å². The fourth-order valence-corrected chi connectivity index (χ4v) is 2.67. The molecule has 0 amide bonds. The highest BCUT2D eigenvalue weighted by Crippen LogP contribution is 2.17. The number of allylic oxidation sites excluding steroid dienone is 1. The van der Waals surface area contributed by atoms with Crippen LogP contribution in [0.1, 0.15) is 25.6 Å². The fraction of sp³-hybridized carbons (Fsp3) is 0. The Bertz CT molecular complexity index is 848. The summed E-state index contributed by atoms with van der Waals surface area (Å²) in [6, 6.07) is 19.7. The first kappa shape index (κ1) is 15.9. The molecule has 2 aromatic carbocycles. The Kier molecular flexibility index (Phi) is 4.99. The Hall–Kier alpha value is -2.98. The van der Waals surface area contributed by atoms with E-state index in [1.807, 2.05) is 35.7 Å². The highest BCUT2D eigenvalue weighted by atomic mass is 32.1. The lowest BCUT2D eigenvalue weighted by atomic mass is 10.1. The Morgan fingerprint density at radius 1 is 0.875 bits per heavy atom. The van der Waals surface area contributed by atoms with Crippen LogP contribution in [0.25, 0.3) is 6.08 Å². The van der Waals surface area contributed by atoms with Gasteiger partial charge in [-0.05, 0) is 47.4 Å². The number of hydrogen-bond donors (Lipinski definition) is 0. The van der Waals surface area contributed by atoms with Crippen molar-refractivity contribution >= 4 is 29.2 Å². The molecular weight excluding hydrogens is 320 g/mol. The van der Waals surface area contributed by atoms with E-state index in [9.17, 15) is 9.59 Å². The van der Waals surface area contributed by atoms with Crippen LogP contribution in [0.3, 0.4) is 0 Å². The third-order valence-corrected chi connectivity index (χ3v) is 4.15. The SMILES string of the molecule is O=C(C=Cc1ccccc1)c1ccc(OC(=O)c2cccs2)cc1. The zero-order valence-corrected chi connectivity index (χ0v) is 13.5. The van der Waals surface area contributed by atoms with E-state index in [0.29, 0.717) is 16.2 Å². The minimum Gasteiger partial charge on any atom is -0.422 e. The molecule has 0 N–H and O–H groups in total. The van der Waals surface area contributed by atoms with Crippen LogP contribution in [0.4, 0.5) is 0 Å². The third kappa shape index (κ3) is 4.06. The maximum Gasteiger partial charge on any atom is 0.353 e. The summed E-state index contributed by atoms with van der Waals surface area (Å²) in [5, 5.41) is 1.82. The molecule has 0 saturated heterocycles. The van der Waals surface area contributed by atoms with E-state index >= 15 is 0 Å². The summed E-state index contributed by atoms with van der Waals surface area (Å²) in [5.41, 5.74) is 1.51.